The minimum absolute atomic E-state index is 0.0212. The second kappa shape index (κ2) is 12.8. The molecule has 0 bridgehead atoms. The molecule has 1 aliphatic carbocycles. The predicted molar refractivity (Wildman–Crippen MR) is 158 cm³/mol. The summed E-state index contributed by atoms with van der Waals surface area (Å²) in [5.74, 6) is -0.661. The molecule has 0 aromatic heterocycles. The summed E-state index contributed by atoms with van der Waals surface area (Å²) >= 11 is 0. The number of carboxylic acids is 1. The van der Waals surface area contributed by atoms with Crippen LogP contribution in [0.2, 0.25) is 0 Å². The van der Waals surface area contributed by atoms with Crippen LogP contribution in [0.4, 0.5) is 13.2 Å². The molecule has 0 fully saturated rings. The molecule has 0 heterocycles. The SMILES string of the molecule is CN(C[C@H](O)CNC(C)(C)CC1Cc2ccccc2C1)S(=O)(=O)c1cc(-c2cccc(CC(=O)O)c2)cc(C(F)(F)F)c1. The first-order valence-electron chi connectivity index (χ1n) is 14.0. The highest BCUT2D eigenvalue weighted by Crippen LogP contribution is 2.36. The van der Waals surface area contributed by atoms with Gasteiger partial charge in [-0.3, -0.25) is 4.79 Å². The van der Waals surface area contributed by atoms with Gasteiger partial charge in [0.15, 0.2) is 0 Å². The van der Waals surface area contributed by atoms with Crippen molar-refractivity contribution >= 4 is 16.0 Å². The van der Waals surface area contributed by atoms with Crippen molar-refractivity contribution in [1.29, 1.82) is 0 Å². The zero-order chi connectivity index (χ0) is 31.6. The van der Waals surface area contributed by atoms with Gasteiger partial charge in [0.1, 0.15) is 0 Å². The van der Waals surface area contributed by atoms with E-state index in [1.165, 1.54) is 42.4 Å². The maximum atomic E-state index is 13.8. The van der Waals surface area contributed by atoms with Gasteiger partial charge in [-0.25, -0.2) is 8.42 Å². The monoisotopic (exact) mass is 618 g/mol. The van der Waals surface area contributed by atoms with Crippen LogP contribution in [0.1, 0.15) is 42.5 Å². The van der Waals surface area contributed by atoms with E-state index in [9.17, 15) is 31.5 Å². The van der Waals surface area contributed by atoms with Gasteiger partial charge in [-0.2, -0.15) is 17.5 Å². The summed E-state index contributed by atoms with van der Waals surface area (Å²) in [6.45, 7) is 3.81. The molecular weight excluding hydrogens is 581 g/mol. The Balaban J connectivity index is 1.46. The van der Waals surface area contributed by atoms with Crippen LogP contribution in [-0.2, 0) is 40.3 Å². The van der Waals surface area contributed by atoms with Crippen LogP contribution in [0.3, 0.4) is 0 Å². The number of hydrogen-bond donors (Lipinski definition) is 3. The summed E-state index contributed by atoms with van der Waals surface area (Å²) in [4.78, 5) is 10.5. The summed E-state index contributed by atoms with van der Waals surface area (Å²) < 4.78 is 69.2. The van der Waals surface area contributed by atoms with E-state index < -0.39 is 38.7 Å². The van der Waals surface area contributed by atoms with E-state index >= 15 is 0 Å². The van der Waals surface area contributed by atoms with Gasteiger partial charge in [-0.15, -0.1) is 0 Å². The van der Waals surface area contributed by atoms with Gasteiger partial charge >= 0.3 is 12.1 Å². The normalized spacial score (nSPS) is 15.1. The highest BCUT2D eigenvalue weighted by Gasteiger charge is 2.34. The molecule has 3 aromatic rings. The third kappa shape index (κ3) is 8.44. The molecule has 3 N–H and O–H groups in total. The van der Waals surface area contributed by atoms with Crippen molar-refractivity contribution in [2.45, 2.75) is 62.2 Å². The maximum Gasteiger partial charge on any atom is 0.416 e. The molecule has 0 unspecified atom stereocenters. The Morgan fingerprint density at radius 3 is 2.26 bits per heavy atom. The van der Waals surface area contributed by atoms with Gasteiger partial charge in [0, 0.05) is 25.7 Å². The summed E-state index contributed by atoms with van der Waals surface area (Å²) in [7, 11) is -3.21. The summed E-state index contributed by atoms with van der Waals surface area (Å²) in [5.41, 5.74) is 1.80. The molecule has 4 rings (SSSR count). The largest absolute Gasteiger partial charge is 0.481 e. The Morgan fingerprint density at radius 2 is 1.65 bits per heavy atom. The molecule has 0 spiro atoms. The second-order valence-electron chi connectivity index (χ2n) is 12.0. The number of carboxylic acid groups (broad SMARTS) is 1. The lowest BCUT2D eigenvalue weighted by molar-refractivity contribution is -0.138. The number of β-amino-alcohol motifs (C(OH)–C–C–N with tert-alkyl or cyclic N) is 1. The smallest absolute Gasteiger partial charge is 0.416 e. The number of rotatable bonds is 12. The number of benzene rings is 3. The molecule has 1 aliphatic rings. The fourth-order valence-corrected chi connectivity index (χ4v) is 7.02. The van der Waals surface area contributed by atoms with Gasteiger partial charge in [0.25, 0.3) is 0 Å². The number of likely N-dealkylation sites (N-methyl/N-ethyl adjacent to an activating group) is 1. The second-order valence-corrected chi connectivity index (χ2v) is 14.0. The average molecular weight is 619 g/mol. The van der Waals surface area contributed by atoms with Crippen LogP contribution in [0.25, 0.3) is 11.1 Å². The summed E-state index contributed by atoms with van der Waals surface area (Å²) in [6, 6.07) is 16.8. The molecule has 1 atom stereocenters. The van der Waals surface area contributed by atoms with Gasteiger partial charge in [0.2, 0.25) is 10.0 Å². The number of sulfonamides is 1. The molecule has 43 heavy (non-hydrogen) atoms. The number of nitrogens with zero attached hydrogens (tertiary/aromatic N) is 1. The number of aliphatic hydroxyl groups excluding tert-OH is 1. The molecule has 0 radical (unpaired) electrons. The van der Waals surface area contributed by atoms with Gasteiger partial charge in [-0.05, 0) is 85.0 Å². The zero-order valence-corrected chi connectivity index (χ0v) is 25.2. The third-order valence-corrected chi connectivity index (χ3v) is 9.58. The highest BCUT2D eigenvalue weighted by atomic mass is 32.2. The lowest BCUT2D eigenvalue weighted by Crippen LogP contribution is -2.47. The number of fused-ring (bicyclic) bond motifs is 1. The summed E-state index contributed by atoms with van der Waals surface area (Å²) in [5, 5.41) is 23.1. The zero-order valence-electron chi connectivity index (χ0n) is 24.4. The molecular formula is C32H37F3N2O5S. The molecule has 0 aliphatic heterocycles. The Morgan fingerprint density at radius 1 is 1.00 bits per heavy atom. The van der Waals surface area contributed by atoms with Crippen molar-refractivity contribution in [3.05, 3.63) is 89.0 Å². The molecule has 0 saturated heterocycles. The molecule has 0 amide bonds. The van der Waals surface area contributed by atoms with Gasteiger partial charge < -0.3 is 15.5 Å². The molecule has 0 saturated carbocycles. The van der Waals surface area contributed by atoms with Crippen molar-refractivity contribution in [2.24, 2.45) is 5.92 Å². The topological polar surface area (TPSA) is 107 Å². The van der Waals surface area contributed by atoms with E-state index in [4.69, 9.17) is 5.11 Å². The number of hydrogen-bond acceptors (Lipinski definition) is 5. The molecule has 232 valence electrons. The minimum atomic E-state index is -4.83. The first-order chi connectivity index (χ1) is 20.0. The lowest BCUT2D eigenvalue weighted by Gasteiger charge is -2.31. The van der Waals surface area contributed by atoms with E-state index in [-0.39, 0.29) is 36.2 Å². The van der Waals surface area contributed by atoms with Crippen LogP contribution in [0.15, 0.2) is 71.6 Å². The van der Waals surface area contributed by atoms with E-state index in [0.29, 0.717) is 17.5 Å². The van der Waals surface area contributed by atoms with Crippen LogP contribution in [-0.4, -0.2) is 60.7 Å². The molecule has 11 heteroatoms. The number of aliphatic hydroxyl groups is 1. The van der Waals surface area contributed by atoms with Crippen molar-refractivity contribution in [1.82, 2.24) is 9.62 Å². The van der Waals surface area contributed by atoms with Gasteiger partial charge in [-0.1, -0.05) is 48.5 Å². The lowest BCUT2D eigenvalue weighted by atomic mass is 9.88. The fourth-order valence-electron chi connectivity index (χ4n) is 5.74. The van der Waals surface area contributed by atoms with Crippen LogP contribution >= 0.6 is 0 Å². The van der Waals surface area contributed by atoms with Crippen LogP contribution in [0.5, 0.6) is 0 Å². The predicted octanol–water partition coefficient (Wildman–Crippen LogP) is 5.15. The third-order valence-electron chi connectivity index (χ3n) is 7.78. The van der Waals surface area contributed by atoms with Crippen molar-refractivity contribution < 1.29 is 36.6 Å². The van der Waals surface area contributed by atoms with E-state index in [1.54, 1.807) is 0 Å². The molecule has 7 nitrogen and oxygen atoms in total. The van der Waals surface area contributed by atoms with E-state index in [1.807, 2.05) is 26.0 Å². The van der Waals surface area contributed by atoms with Gasteiger partial charge in [0.05, 0.1) is 23.0 Å². The number of alkyl halides is 3. The number of aliphatic carboxylic acids is 1. The minimum Gasteiger partial charge on any atom is -0.481 e. The van der Waals surface area contributed by atoms with E-state index in [0.717, 1.165) is 35.7 Å². The van der Waals surface area contributed by atoms with E-state index in [2.05, 4.69) is 17.4 Å². The Hall–Kier alpha value is -3.25. The highest BCUT2D eigenvalue weighted by molar-refractivity contribution is 7.89. The average Bonchev–Trinajstić information content (AvgIpc) is 3.32. The summed E-state index contributed by atoms with van der Waals surface area (Å²) in [6.07, 6.45) is -3.46. The first kappa shape index (κ1) is 32.7. The van der Waals surface area contributed by atoms with Crippen molar-refractivity contribution in [3.8, 4) is 11.1 Å². The maximum absolute atomic E-state index is 13.8. The number of nitrogens with one attached hydrogen (secondary N) is 1. The van der Waals surface area contributed by atoms with Crippen LogP contribution < -0.4 is 5.32 Å². The number of halogens is 3. The quantitative estimate of drug-likeness (QED) is 0.259. The Kier molecular flexibility index (Phi) is 9.70. The van der Waals surface area contributed by atoms with Crippen LogP contribution in [0, 0.1) is 5.92 Å². The number of carbonyl (C=O) groups is 1. The standard InChI is InChI=1S/C32H37F3N2O5S/c1-31(2,18-22-12-23-8-4-5-9-24(23)13-22)36-19-28(38)20-37(3)43(41,42)29-16-26(15-27(17-29)32(33,34)35)25-10-6-7-21(11-25)14-30(39)40/h4-11,15-17,22,28,36,38H,12-14,18-20H2,1-3H3,(H,39,40)/t28-/m1/s1. The van der Waals surface area contributed by atoms with Crippen molar-refractivity contribution in [3.63, 3.8) is 0 Å². The molecule has 3 aromatic carbocycles. The Bertz CT molecular complexity index is 1550. The Labute approximate surface area is 250 Å². The van der Waals surface area contributed by atoms with Crippen molar-refractivity contribution in [2.75, 3.05) is 20.1 Å². The fraction of sp³-hybridized carbons (Fsp3) is 0.406. The first-order valence-corrected chi connectivity index (χ1v) is 15.5.